The molecule has 0 aliphatic carbocycles. The Balaban J connectivity index is 1.78. The van der Waals surface area contributed by atoms with Crippen molar-refractivity contribution < 1.29 is 14.7 Å². The lowest BCUT2D eigenvalue weighted by atomic mass is 10.2. The Morgan fingerprint density at radius 3 is 2.54 bits per heavy atom. The Labute approximate surface area is 175 Å². The number of nitrogens with zero attached hydrogens (tertiary/aromatic N) is 1. The monoisotopic (exact) mass is 512 g/mol. The number of aromatic hydroxyl groups is 1. The van der Waals surface area contributed by atoms with Crippen molar-refractivity contribution in [3.8, 4) is 5.75 Å². The molecule has 0 atom stereocenters. The minimum absolute atomic E-state index is 0.108. The topological polar surface area (TPSA) is 69.6 Å². The van der Waals surface area contributed by atoms with E-state index >= 15 is 0 Å². The molecule has 9 heteroatoms. The zero-order chi connectivity index (χ0) is 18.8. The Hall–Kier alpha value is -1.68. The maximum atomic E-state index is 12.6. The fraction of sp³-hybridized carbons (Fsp3) is 0. The highest BCUT2D eigenvalue weighted by atomic mass is 79.9. The fourth-order valence-electron chi connectivity index (χ4n) is 2.10. The van der Waals surface area contributed by atoms with Crippen LogP contribution in [0.25, 0.3) is 6.08 Å². The predicted octanol–water partition coefficient (Wildman–Crippen LogP) is 4.46. The first-order valence-corrected chi connectivity index (χ1v) is 9.99. The molecule has 26 heavy (non-hydrogen) atoms. The van der Waals surface area contributed by atoms with Crippen molar-refractivity contribution >= 4 is 78.1 Å². The van der Waals surface area contributed by atoms with Crippen LogP contribution in [0.1, 0.15) is 15.9 Å². The van der Waals surface area contributed by atoms with Gasteiger partial charge in [-0.15, -0.1) is 0 Å². The molecule has 0 aromatic heterocycles. The van der Waals surface area contributed by atoms with Gasteiger partial charge in [0.25, 0.3) is 11.8 Å². The minimum atomic E-state index is -0.428. The predicted molar refractivity (Wildman–Crippen MR) is 112 cm³/mol. The first-order valence-electron chi connectivity index (χ1n) is 7.18. The lowest BCUT2D eigenvalue weighted by molar-refractivity contribution is -0.123. The van der Waals surface area contributed by atoms with Crippen LogP contribution in [0.5, 0.6) is 5.75 Å². The molecule has 1 saturated heterocycles. The molecule has 0 radical (unpaired) electrons. The van der Waals surface area contributed by atoms with Crippen LogP contribution in [0.2, 0.25) is 0 Å². The third-order valence-corrected chi connectivity index (χ3v) is 5.85. The summed E-state index contributed by atoms with van der Waals surface area (Å²) in [4.78, 5) is 25.2. The first-order chi connectivity index (χ1) is 12.3. The summed E-state index contributed by atoms with van der Waals surface area (Å²) in [7, 11) is 0. The van der Waals surface area contributed by atoms with E-state index in [0.29, 0.717) is 14.9 Å². The molecule has 2 aromatic rings. The number of thiocarbonyl (C=S) groups is 1. The molecular weight excluding hydrogens is 504 g/mol. The number of amides is 2. The molecule has 2 aromatic carbocycles. The van der Waals surface area contributed by atoms with E-state index in [-0.39, 0.29) is 10.1 Å². The van der Waals surface area contributed by atoms with Gasteiger partial charge in [-0.25, -0.2) is 0 Å². The number of hydrogen-bond donors (Lipinski definition) is 2. The van der Waals surface area contributed by atoms with Crippen molar-refractivity contribution in [1.82, 2.24) is 10.4 Å². The van der Waals surface area contributed by atoms with Gasteiger partial charge in [-0.05, 0) is 76.2 Å². The molecule has 0 spiro atoms. The Bertz CT molecular complexity index is 946. The van der Waals surface area contributed by atoms with Crippen LogP contribution in [0, 0.1) is 0 Å². The number of benzene rings is 2. The maximum absolute atomic E-state index is 12.6. The summed E-state index contributed by atoms with van der Waals surface area (Å²) < 4.78 is 1.61. The van der Waals surface area contributed by atoms with Gasteiger partial charge in [0.15, 0.2) is 4.32 Å². The van der Waals surface area contributed by atoms with E-state index in [1.54, 1.807) is 42.5 Å². The standard InChI is InChI=1S/C17H10Br2N2O3S2/c18-11-4-2-10(3-5-11)15(23)20-21-16(24)14(26-17(21)25)8-9-1-6-13(22)12(19)7-9/h1-8,22H,(H,20,23)/b14-8+. The summed E-state index contributed by atoms with van der Waals surface area (Å²) in [6.45, 7) is 0. The zero-order valence-corrected chi connectivity index (χ0v) is 17.7. The van der Waals surface area contributed by atoms with Gasteiger partial charge >= 0.3 is 0 Å². The number of halogens is 2. The van der Waals surface area contributed by atoms with Crippen LogP contribution in [0.4, 0.5) is 0 Å². The van der Waals surface area contributed by atoms with Gasteiger partial charge in [-0.1, -0.05) is 33.8 Å². The van der Waals surface area contributed by atoms with Crippen LogP contribution in [-0.4, -0.2) is 26.3 Å². The van der Waals surface area contributed by atoms with Crippen LogP contribution in [0.3, 0.4) is 0 Å². The van der Waals surface area contributed by atoms with Crippen molar-refractivity contribution in [2.75, 3.05) is 0 Å². The summed E-state index contributed by atoms with van der Waals surface area (Å²) in [5.41, 5.74) is 3.66. The number of phenolic OH excluding ortho intramolecular Hbond substituents is 1. The second kappa shape index (κ2) is 7.91. The van der Waals surface area contributed by atoms with Gasteiger partial charge in [0.05, 0.1) is 9.38 Å². The fourth-order valence-corrected chi connectivity index (χ4v) is 3.94. The average Bonchev–Trinajstić information content (AvgIpc) is 2.86. The molecule has 1 aliphatic heterocycles. The molecule has 0 unspecified atom stereocenters. The second-order valence-corrected chi connectivity index (χ2v) is 8.62. The Morgan fingerprint density at radius 1 is 1.19 bits per heavy atom. The number of nitrogens with one attached hydrogen (secondary N) is 1. The van der Waals surface area contributed by atoms with Gasteiger partial charge in [0, 0.05) is 10.0 Å². The van der Waals surface area contributed by atoms with Crippen LogP contribution < -0.4 is 5.43 Å². The molecule has 1 fully saturated rings. The molecule has 1 heterocycles. The summed E-state index contributed by atoms with van der Waals surface area (Å²) in [6, 6.07) is 11.6. The number of phenols is 1. The van der Waals surface area contributed by atoms with Crippen LogP contribution in [0.15, 0.2) is 56.3 Å². The normalized spacial score (nSPS) is 15.6. The van der Waals surface area contributed by atoms with E-state index in [9.17, 15) is 14.7 Å². The SMILES string of the molecule is O=C(NN1C(=O)/C(=C\c2ccc(O)c(Br)c2)SC1=S)c1ccc(Br)cc1. The quantitative estimate of drug-likeness (QED) is 0.468. The van der Waals surface area contributed by atoms with Crippen LogP contribution in [-0.2, 0) is 4.79 Å². The number of hydrazine groups is 1. The number of hydrogen-bond acceptors (Lipinski definition) is 5. The van der Waals surface area contributed by atoms with Crippen LogP contribution >= 0.6 is 55.8 Å². The number of carbonyl (C=O) groups is 2. The Kier molecular flexibility index (Phi) is 5.81. The Morgan fingerprint density at radius 2 is 1.88 bits per heavy atom. The summed E-state index contributed by atoms with van der Waals surface area (Å²) in [6.07, 6.45) is 1.65. The van der Waals surface area contributed by atoms with E-state index in [4.69, 9.17) is 12.2 Å². The molecule has 1 aliphatic rings. The molecule has 2 N–H and O–H groups in total. The number of thioether (sulfide) groups is 1. The second-order valence-electron chi connectivity index (χ2n) is 5.18. The minimum Gasteiger partial charge on any atom is -0.507 e. The molecule has 0 saturated carbocycles. The van der Waals surface area contributed by atoms with Crippen molar-refractivity contribution in [3.05, 3.63) is 67.4 Å². The molecular formula is C17H10Br2N2O3S2. The molecule has 3 rings (SSSR count). The molecule has 5 nitrogen and oxygen atoms in total. The summed E-state index contributed by atoms with van der Waals surface area (Å²) >= 11 is 12.8. The summed E-state index contributed by atoms with van der Waals surface area (Å²) in [5.74, 6) is -0.728. The highest BCUT2D eigenvalue weighted by molar-refractivity contribution is 9.10. The van der Waals surface area contributed by atoms with Crippen molar-refractivity contribution in [2.24, 2.45) is 0 Å². The van der Waals surface area contributed by atoms with Crippen molar-refractivity contribution in [1.29, 1.82) is 0 Å². The van der Waals surface area contributed by atoms with E-state index in [2.05, 4.69) is 37.3 Å². The summed E-state index contributed by atoms with van der Waals surface area (Å²) in [5, 5.41) is 10.6. The lowest BCUT2D eigenvalue weighted by Crippen LogP contribution is -2.44. The van der Waals surface area contributed by atoms with E-state index in [0.717, 1.165) is 26.8 Å². The highest BCUT2D eigenvalue weighted by Gasteiger charge is 2.33. The van der Waals surface area contributed by atoms with Gasteiger partial charge < -0.3 is 5.11 Å². The maximum Gasteiger partial charge on any atom is 0.285 e. The third-order valence-electron chi connectivity index (χ3n) is 3.38. The van der Waals surface area contributed by atoms with Crippen molar-refractivity contribution in [3.63, 3.8) is 0 Å². The average molecular weight is 514 g/mol. The van der Waals surface area contributed by atoms with Crippen molar-refractivity contribution in [2.45, 2.75) is 0 Å². The molecule has 2 amide bonds. The van der Waals surface area contributed by atoms with Gasteiger partial charge in [-0.2, -0.15) is 5.01 Å². The smallest absolute Gasteiger partial charge is 0.285 e. The van der Waals surface area contributed by atoms with Gasteiger partial charge in [0.1, 0.15) is 5.75 Å². The van der Waals surface area contributed by atoms with Gasteiger partial charge in [-0.3, -0.25) is 15.0 Å². The largest absolute Gasteiger partial charge is 0.507 e. The number of carbonyl (C=O) groups excluding carboxylic acids is 2. The molecule has 132 valence electrons. The lowest BCUT2D eigenvalue weighted by Gasteiger charge is -2.15. The first kappa shape index (κ1) is 19.1. The zero-order valence-electron chi connectivity index (χ0n) is 12.9. The third kappa shape index (κ3) is 4.17. The van der Waals surface area contributed by atoms with E-state index in [1.165, 1.54) is 6.07 Å². The highest BCUT2D eigenvalue weighted by Crippen LogP contribution is 2.33. The molecule has 0 bridgehead atoms. The van der Waals surface area contributed by atoms with Gasteiger partial charge in [0.2, 0.25) is 0 Å². The number of rotatable bonds is 3. The van der Waals surface area contributed by atoms with E-state index in [1.807, 2.05) is 0 Å². The van der Waals surface area contributed by atoms with E-state index < -0.39 is 11.8 Å².